The lowest BCUT2D eigenvalue weighted by atomic mass is 10.2. The van der Waals surface area contributed by atoms with Crippen molar-refractivity contribution >= 4 is 5.91 Å². The van der Waals surface area contributed by atoms with Gasteiger partial charge < -0.3 is 19.7 Å². The smallest absolute Gasteiger partial charge is 0.256 e. The van der Waals surface area contributed by atoms with Crippen LogP contribution in [0, 0.1) is 0 Å². The number of ether oxygens (including phenoxy) is 2. The highest BCUT2D eigenvalue weighted by molar-refractivity contribution is 5.96. The van der Waals surface area contributed by atoms with E-state index in [1.54, 1.807) is 25.4 Å². The zero-order valence-corrected chi connectivity index (χ0v) is 14.0. The van der Waals surface area contributed by atoms with Gasteiger partial charge in [-0.1, -0.05) is 6.92 Å². The first-order valence-electron chi connectivity index (χ1n) is 7.65. The van der Waals surface area contributed by atoms with Crippen LogP contribution in [0.4, 0.5) is 0 Å². The van der Waals surface area contributed by atoms with Gasteiger partial charge in [0.25, 0.3) is 5.91 Å². The van der Waals surface area contributed by atoms with E-state index in [-0.39, 0.29) is 5.91 Å². The van der Waals surface area contributed by atoms with Gasteiger partial charge in [0.15, 0.2) is 0 Å². The van der Waals surface area contributed by atoms with Gasteiger partial charge in [-0.2, -0.15) is 0 Å². The van der Waals surface area contributed by atoms with Gasteiger partial charge in [0, 0.05) is 32.4 Å². The summed E-state index contributed by atoms with van der Waals surface area (Å²) in [5.41, 5.74) is 0.449. The first kappa shape index (κ1) is 18.4. The van der Waals surface area contributed by atoms with Crippen molar-refractivity contribution in [2.45, 2.75) is 26.3 Å². The predicted octanol–water partition coefficient (Wildman–Crippen LogP) is 1.57. The molecule has 1 rings (SSSR count). The van der Waals surface area contributed by atoms with E-state index < -0.39 is 0 Å². The third kappa shape index (κ3) is 5.99. The number of hydrogen-bond acceptors (Lipinski definition) is 5. The number of carbonyl (C=O) groups excluding carboxylic acids is 1. The van der Waals surface area contributed by atoms with Gasteiger partial charge >= 0.3 is 0 Å². The molecular weight excluding hydrogens is 282 g/mol. The molecule has 0 aliphatic heterocycles. The maximum absolute atomic E-state index is 12.2. The third-order valence-corrected chi connectivity index (χ3v) is 3.64. The number of hydrogen-bond donors (Lipinski definition) is 1. The van der Waals surface area contributed by atoms with Crippen molar-refractivity contribution in [2.75, 3.05) is 40.5 Å². The Hall–Kier alpha value is -1.66. The maximum atomic E-state index is 12.2. The van der Waals surface area contributed by atoms with E-state index in [9.17, 15) is 4.79 Å². The topological polar surface area (TPSA) is 63.7 Å². The van der Waals surface area contributed by atoms with Crippen LogP contribution in [0.25, 0.3) is 0 Å². The largest absolute Gasteiger partial charge is 0.475 e. The molecule has 1 aromatic rings. The van der Waals surface area contributed by atoms with E-state index in [0.29, 0.717) is 37.2 Å². The van der Waals surface area contributed by atoms with E-state index in [4.69, 9.17) is 9.47 Å². The molecule has 6 heteroatoms. The molecule has 0 aliphatic carbocycles. The molecule has 0 radical (unpaired) electrons. The van der Waals surface area contributed by atoms with Gasteiger partial charge in [-0.05, 0) is 32.5 Å². The minimum atomic E-state index is -0.168. The van der Waals surface area contributed by atoms with Gasteiger partial charge in [-0.3, -0.25) is 4.79 Å². The van der Waals surface area contributed by atoms with E-state index in [0.717, 1.165) is 13.0 Å². The number of pyridine rings is 1. The Balaban J connectivity index is 2.51. The van der Waals surface area contributed by atoms with Crippen molar-refractivity contribution in [3.05, 3.63) is 23.9 Å². The molecule has 1 N–H and O–H groups in total. The molecule has 0 saturated carbocycles. The fourth-order valence-electron chi connectivity index (χ4n) is 1.87. The Bertz CT molecular complexity index is 454. The molecule has 6 nitrogen and oxygen atoms in total. The lowest BCUT2D eigenvalue weighted by molar-refractivity contribution is 0.0938. The van der Waals surface area contributed by atoms with Gasteiger partial charge in [0.2, 0.25) is 5.88 Å². The van der Waals surface area contributed by atoms with Crippen LogP contribution in [0.15, 0.2) is 18.3 Å². The number of nitrogens with zero attached hydrogens (tertiary/aromatic N) is 2. The first-order chi connectivity index (χ1) is 10.6. The molecule has 0 aliphatic rings. The molecule has 1 amide bonds. The second kappa shape index (κ2) is 10.1. The lowest BCUT2D eigenvalue weighted by Crippen LogP contribution is -2.37. The standard InChI is InChI=1S/C16H27N3O3/c1-5-13(2)19(3)10-9-17-15(20)14-7-6-8-18-16(14)22-12-11-21-4/h6-8,13H,5,9-12H2,1-4H3,(H,17,20). The summed E-state index contributed by atoms with van der Waals surface area (Å²) in [6.45, 7) is 6.54. The Morgan fingerprint density at radius 3 is 2.91 bits per heavy atom. The summed E-state index contributed by atoms with van der Waals surface area (Å²) >= 11 is 0. The van der Waals surface area contributed by atoms with Crippen molar-refractivity contribution < 1.29 is 14.3 Å². The molecule has 0 bridgehead atoms. The highest BCUT2D eigenvalue weighted by Crippen LogP contribution is 2.13. The third-order valence-electron chi connectivity index (χ3n) is 3.64. The van der Waals surface area contributed by atoms with Crippen LogP contribution in [0.5, 0.6) is 5.88 Å². The lowest BCUT2D eigenvalue weighted by Gasteiger charge is -2.23. The molecule has 1 heterocycles. The van der Waals surface area contributed by atoms with Gasteiger partial charge in [0.1, 0.15) is 12.2 Å². The number of methoxy groups -OCH3 is 1. The van der Waals surface area contributed by atoms with Crippen LogP contribution in [0.1, 0.15) is 30.6 Å². The van der Waals surface area contributed by atoms with Crippen LogP contribution < -0.4 is 10.1 Å². The normalized spacial score (nSPS) is 12.2. The van der Waals surface area contributed by atoms with Gasteiger partial charge in [-0.15, -0.1) is 0 Å². The highest BCUT2D eigenvalue weighted by Gasteiger charge is 2.14. The summed E-state index contributed by atoms with van der Waals surface area (Å²) < 4.78 is 10.4. The number of amides is 1. The van der Waals surface area contributed by atoms with E-state index in [2.05, 4.69) is 36.1 Å². The Morgan fingerprint density at radius 1 is 1.45 bits per heavy atom. The molecular formula is C16H27N3O3. The van der Waals surface area contributed by atoms with E-state index >= 15 is 0 Å². The minimum absolute atomic E-state index is 0.168. The highest BCUT2D eigenvalue weighted by atomic mass is 16.5. The molecule has 1 aromatic heterocycles. The summed E-state index contributed by atoms with van der Waals surface area (Å²) in [6.07, 6.45) is 2.69. The second-order valence-electron chi connectivity index (χ2n) is 5.19. The van der Waals surface area contributed by atoms with E-state index in [1.807, 2.05) is 0 Å². The van der Waals surface area contributed by atoms with Crippen LogP contribution in [-0.2, 0) is 4.74 Å². The zero-order valence-electron chi connectivity index (χ0n) is 14.0. The van der Waals surface area contributed by atoms with Crippen molar-refractivity contribution in [1.82, 2.24) is 15.2 Å². The molecule has 124 valence electrons. The average Bonchev–Trinajstić information content (AvgIpc) is 2.54. The molecule has 0 fully saturated rings. The average molecular weight is 309 g/mol. The molecule has 0 aromatic carbocycles. The van der Waals surface area contributed by atoms with Crippen LogP contribution >= 0.6 is 0 Å². The second-order valence-corrected chi connectivity index (χ2v) is 5.19. The van der Waals surface area contributed by atoms with Crippen molar-refractivity contribution in [3.63, 3.8) is 0 Å². The summed E-state index contributed by atoms with van der Waals surface area (Å²) in [4.78, 5) is 18.6. The molecule has 22 heavy (non-hydrogen) atoms. The number of likely N-dealkylation sites (N-methyl/N-ethyl adjacent to an activating group) is 1. The van der Waals surface area contributed by atoms with Crippen LogP contribution in [-0.4, -0.2) is 62.3 Å². The molecule has 1 atom stereocenters. The van der Waals surface area contributed by atoms with Gasteiger partial charge in [0.05, 0.1) is 6.61 Å². The van der Waals surface area contributed by atoms with Crippen molar-refractivity contribution in [1.29, 1.82) is 0 Å². The molecule has 1 unspecified atom stereocenters. The number of carbonyl (C=O) groups is 1. The molecule has 0 saturated heterocycles. The van der Waals surface area contributed by atoms with Crippen molar-refractivity contribution in [2.24, 2.45) is 0 Å². The summed E-state index contributed by atoms with van der Waals surface area (Å²) in [7, 11) is 3.66. The number of nitrogens with one attached hydrogen (secondary N) is 1. The zero-order chi connectivity index (χ0) is 16.4. The summed E-state index contributed by atoms with van der Waals surface area (Å²) in [5.74, 6) is 0.172. The molecule has 0 spiro atoms. The Labute approximate surface area is 132 Å². The number of rotatable bonds is 10. The first-order valence-corrected chi connectivity index (χ1v) is 7.65. The van der Waals surface area contributed by atoms with E-state index in [1.165, 1.54) is 0 Å². The quantitative estimate of drug-likeness (QED) is 0.665. The fraction of sp³-hybridized carbons (Fsp3) is 0.625. The maximum Gasteiger partial charge on any atom is 0.256 e. The predicted molar refractivity (Wildman–Crippen MR) is 86.3 cm³/mol. The SMILES string of the molecule is CCC(C)N(C)CCNC(=O)c1cccnc1OCCOC. The van der Waals surface area contributed by atoms with Crippen molar-refractivity contribution in [3.8, 4) is 5.88 Å². The Kier molecular flexibility index (Phi) is 8.47. The summed E-state index contributed by atoms with van der Waals surface area (Å²) in [6, 6.07) is 3.94. The van der Waals surface area contributed by atoms with Crippen LogP contribution in [0.2, 0.25) is 0 Å². The minimum Gasteiger partial charge on any atom is -0.475 e. The summed E-state index contributed by atoms with van der Waals surface area (Å²) in [5, 5.41) is 2.91. The monoisotopic (exact) mass is 309 g/mol. The van der Waals surface area contributed by atoms with Crippen LogP contribution in [0.3, 0.4) is 0 Å². The number of aromatic nitrogens is 1. The Morgan fingerprint density at radius 2 is 2.23 bits per heavy atom. The fourth-order valence-corrected chi connectivity index (χ4v) is 1.87. The van der Waals surface area contributed by atoms with Gasteiger partial charge in [-0.25, -0.2) is 4.98 Å².